The van der Waals surface area contributed by atoms with E-state index in [1.807, 2.05) is 59.9 Å². The Kier molecular flexibility index (Phi) is 5.60. The van der Waals surface area contributed by atoms with Crippen LogP contribution in [-0.2, 0) is 6.54 Å². The average molecular weight is 461 g/mol. The molecule has 0 saturated carbocycles. The quantitative estimate of drug-likeness (QED) is 0.330. The first-order valence-corrected chi connectivity index (χ1v) is 11.4. The number of ether oxygens (including phenoxy) is 1. The fourth-order valence-corrected chi connectivity index (χ4v) is 4.90. The molecule has 6 nitrogen and oxygen atoms in total. The minimum absolute atomic E-state index is 0.00589. The number of para-hydroxylation sites is 2. The summed E-state index contributed by atoms with van der Waals surface area (Å²) in [5.74, 6) is 0.892. The monoisotopic (exact) mass is 460 g/mol. The van der Waals surface area contributed by atoms with E-state index in [0.29, 0.717) is 28.6 Å². The summed E-state index contributed by atoms with van der Waals surface area (Å²) >= 11 is 1.51. The minimum Gasteiger partial charge on any atom is -0.496 e. The fraction of sp³-hybridized carbons (Fsp3) is 0.160. The van der Waals surface area contributed by atoms with Crippen LogP contribution < -0.4 is 10.3 Å². The van der Waals surface area contributed by atoms with Crippen LogP contribution in [0.5, 0.6) is 5.75 Å². The molecule has 0 spiro atoms. The third-order valence-electron chi connectivity index (χ3n) is 5.62. The number of methoxy groups -OCH3 is 1. The molecule has 1 atom stereocenters. The van der Waals surface area contributed by atoms with Crippen LogP contribution in [0, 0.1) is 5.82 Å². The normalized spacial score (nSPS) is 12.3. The molecule has 2 aromatic heterocycles. The highest BCUT2D eigenvalue weighted by Crippen LogP contribution is 2.35. The highest BCUT2D eigenvalue weighted by Gasteiger charge is 2.20. The van der Waals surface area contributed by atoms with Gasteiger partial charge >= 0.3 is 0 Å². The van der Waals surface area contributed by atoms with Gasteiger partial charge in [-0.05, 0) is 42.8 Å². The number of nitrogens with zero attached hydrogens (tertiary/aromatic N) is 4. The van der Waals surface area contributed by atoms with E-state index in [-0.39, 0.29) is 16.6 Å². The van der Waals surface area contributed by atoms with Crippen LogP contribution in [0.4, 0.5) is 4.39 Å². The molecule has 5 aromatic rings. The van der Waals surface area contributed by atoms with Crippen molar-refractivity contribution in [3.05, 3.63) is 100 Å². The second-order valence-corrected chi connectivity index (χ2v) is 8.96. The highest BCUT2D eigenvalue weighted by molar-refractivity contribution is 7.99. The Balaban J connectivity index is 1.66. The third-order valence-corrected chi connectivity index (χ3v) is 6.72. The lowest BCUT2D eigenvalue weighted by Crippen LogP contribution is -2.24. The molecule has 0 aliphatic heterocycles. The van der Waals surface area contributed by atoms with Crippen molar-refractivity contribution < 1.29 is 9.13 Å². The molecule has 3 aromatic carbocycles. The van der Waals surface area contributed by atoms with Gasteiger partial charge in [0, 0.05) is 10.8 Å². The van der Waals surface area contributed by atoms with Gasteiger partial charge in [0.15, 0.2) is 5.16 Å². The number of benzene rings is 3. The Labute approximate surface area is 193 Å². The molecule has 1 unspecified atom stereocenters. The largest absolute Gasteiger partial charge is 0.496 e. The van der Waals surface area contributed by atoms with Crippen molar-refractivity contribution in [3.8, 4) is 5.75 Å². The van der Waals surface area contributed by atoms with Gasteiger partial charge < -0.3 is 4.74 Å². The van der Waals surface area contributed by atoms with Crippen LogP contribution in [0.2, 0.25) is 0 Å². The SMILES string of the molecule is COc1ccccc1Cn1c(=O)c2ccccc2n2c(SC(C)c3ccc(F)cc3)nnc12. The lowest BCUT2D eigenvalue weighted by Gasteiger charge is -2.14. The van der Waals surface area contributed by atoms with Crippen LogP contribution in [0.25, 0.3) is 16.7 Å². The molecule has 0 N–H and O–H groups in total. The number of hydrogen-bond acceptors (Lipinski definition) is 5. The minimum atomic E-state index is -0.268. The summed E-state index contributed by atoms with van der Waals surface area (Å²) in [6, 6.07) is 21.5. The van der Waals surface area contributed by atoms with Crippen LogP contribution in [0.1, 0.15) is 23.3 Å². The smallest absolute Gasteiger partial charge is 0.263 e. The van der Waals surface area contributed by atoms with Crippen molar-refractivity contribution >= 4 is 28.4 Å². The maximum atomic E-state index is 13.4. The standard InChI is InChI=1S/C25H21FN4O2S/c1-16(17-11-13-19(26)14-12-17)33-25-28-27-24-29(15-18-7-3-6-10-22(18)32-2)23(31)20-8-4-5-9-21(20)30(24)25/h3-14,16H,15H2,1-2H3. The van der Waals surface area contributed by atoms with Crippen LogP contribution in [0.3, 0.4) is 0 Å². The number of aromatic nitrogens is 4. The lowest BCUT2D eigenvalue weighted by atomic mass is 10.2. The van der Waals surface area contributed by atoms with Gasteiger partial charge in [-0.2, -0.15) is 0 Å². The molecule has 8 heteroatoms. The van der Waals surface area contributed by atoms with Gasteiger partial charge in [0.1, 0.15) is 11.6 Å². The van der Waals surface area contributed by atoms with E-state index in [1.54, 1.807) is 23.8 Å². The van der Waals surface area contributed by atoms with Crippen molar-refractivity contribution in [3.63, 3.8) is 0 Å². The Morgan fingerprint density at radius 2 is 1.73 bits per heavy atom. The predicted octanol–water partition coefficient (Wildman–Crippen LogP) is 5.09. The molecule has 0 aliphatic rings. The van der Waals surface area contributed by atoms with Crippen molar-refractivity contribution in [2.75, 3.05) is 7.11 Å². The second-order valence-electron chi connectivity index (χ2n) is 7.65. The summed E-state index contributed by atoms with van der Waals surface area (Å²) in [6.07, 6.45) is 0. The van der Waals surface area contributed by atoms with Crippen molar-refractivity contribution in [2.24, 2.45) is 0 Å². The van der Waals surface area contributed by atoms with Gasteiger partial charge in [-0.3, -0.25) is 13.8 Å². The van der Waals surface area contributed by atoms with E-state index >= 15 is 0 Å². The molecule has 0 bridgehead atoms. The molecule has 2 heterocycles. The number of halogens is 1. The molecule has 5 rings (SSSR count). The van der Waals surface area contributed by atoms with Crippen molar-refractivity contribution in [2.45, 2.75) is 23.9 Å². The van der Waals surface area contributed by atoms with E-state index in [2.05, 4.69) is 10.2 Å². The molecular formula is C25H21FN4O2S. The van der Waals surface area contributed by atoms with Gasteiger partial charge in [0.05, 0.1) is 24.6 Å². The number of fused-ring (bicyclic) bond motifs is 3. The lowest BCUT2D eigenvalue weighted by molar-refractivity contribution is 0.408. The number of hydrogen-bond donors (Lipinski definition) is 0. The molecule has 33 heavy (non-hydrogen) atoms. The summed E-state index contributed by atoms with van der Waals surface area (Å²) in [5.41, 5.74) is 2.45. The zero-order valence-corrected chi connectivity index (χ0v) is 18.9. The average Bonchev–Trinajstić information content (AvgIpc) is 3.26. The summed E-state index contributed by atoms with van der Waals surface area (Å²) in [5, 5.41) is 10.1. The maximum absolute atomic E-state index is 13.4. The Morgan fingerprint density at radius 3 is 2.52 bits per heavy atom. The van der Waals surface area contributed by atoms with E-state index < -0.39 is 0 Å². The van der Waals surface area contributed by atoms with E-state index in [0.717, 1.165) is 16.6 Å². The van der Waals surface area contributed by atoms with Crippen LogP contribution in [0.15, 0.2) is 82.7 Å². The number of rotatable bonds is 6. The third kappa shape index (κ3) is 3.87. The number of thioether (sulfide) groups is 1. The summed E-state index contributed by atoms with van der Waals surface area (Å²) in [7, 11) is 1.61. The summed E-state index contributed by atoms with van der Waals surface area (Å²) in [6.45, 7) is 2.33. The van der Waals surface area contributed by atoms with Crippen LogP contribution >= 0.6 is 11.8 Å². The molecule has 0 aliphatic carbocycles. The maximum Gasteiger partial charge on any atom is 0.263 e. The first-order chi connectivity index (χ1) is 16.1. The fourth-order valence-electron chi connectivity index (χ4n) is 3.92. The molecular weight excluding hydrogens is 439 g/mol. The summed E-state index contributed by atoms with van der Waals surface area (Å²) < 4.78 is 22.4. The second kappa shape index (κ2) is 8.71. The summed E-state index contributed by atoms with van der Waals surface area (Å²) in [4.78, 5) is 13.4. The molecule has 0 radical (unpaired) electrons. The van der Waals surface area contributed by atoms with E-state index in [1.165, 1.54) is 23.9 Å². The molecule has 0 fully saturated rings. The zero-order valence-electron chi connectivity index (χ0n) is 18.1. The van der Waals surface area contributed by atoms with Crippen molar-refractivity contribution in [1.82, 2.24) is 19.2 Å². The van der Waals surface area contributed by atoms with Gasteiger partial charge in [0.25, 0.3) is 5.56 Å². The zero-order chi connectivity index (χ0) is 22.9. The molecule has 0 amide bonds. The Morgan fingerprint density at radius 1 is 1.00 bits per heavy atom. The highest BCUT2D eigenvalue weighted by atomic mass is 32.2. The van der Waals surface area contributed by atoms with Crippen molar-refractivity contribution in [1.29, 1.82) is 0 Å². The molecule has 0 saturated heterocycles. The topological polar surface area (TPSA) is 61.4 Å². The Hall–Kier alpha value is -3.65. The predicted molar refractivity (Wildman–Crippen MR) is 128 cm³/mol. The van der Waals surface area contributed by atoms with E-state index in [9.17, 15) is 9.18 Å². The first-order valence-electron chi connectivity index (χ1n) is 10.5. The first kappa shape index (κ1) is 21.2. The van der Waals surface area contributed by atoms with Gasteiger partial charge in [-0.25, -0.2) is 4.39 Å². The Bertz CT molecular complexity index is 1510. The molecule has 166 valence electrons. The van der Waals surface area contributed by atoms with Crippen LogP contribution in [-0.4, -0.2) is 26.3 Å². The van der Waals surface area contributed by atoms with E-state index in [4.69, 9.17) is 4.74 Å². The van der Waals surface area contributed by atoms with Gasteiger partial charge in [0.2, 0.25) is 5.78 Å². The van der Waals surface area contributed by atoms with Gasteiger partial charge in [-0.15, -0.1) is 10.2 Å². The van der Waals surface area contributed by atoms with Gasteiger partial charge in [-0.1, -0.05) is 54.2 Å².